The first-order chi connectivity index (χ1) is 10.0. The highest BCUT2D eigenvalue weighted by Crippen LogP contribution is 2.16. The predicted molar refractivity (Wildman–Crippen MR) is 78.8 cm³/mol. The van der Waals surface area contributed by atoms with Gasteiger partial charge in [0.2, 0.25) is 5.01 Å². The van der Waals surface area contributed by atoms with Crippen LogP contribution in [0, 0.1) is 0 Å². The molecule has 0 amide bonds. The molecule has 0 saturated heterocycles. The van der Waals surface area contributed by atoms with Crippen molar-refractivity contribution in [2.75, 3.05) is 0 Å². The van der Waals surface area contributed by atoms with E-state index in [4.69, 9.17) is 9.84 Å². The predicted octanol–water partition coefficient (Wildman–Crippen LogP) is 2.94. The van der Waals surface area contributed by atoms with Crippen molar-refractivity contribution in [3.8, 4) is 5.75 Å². The van der Waals surface area contributed by atoms with Crippen LogP contribution in [0.4, 0.5) is 0 Å². The normalized spacial score (nSPS) is 10.3. The lowest BCUT2D eigenvalue weighted by molar-refractivity contribution is -0.116. The van der Waals surface area contributed by atoms with Crippen molar-refractivity contribution in [3.05, 3.63) is 45.9 Å². The Morgan fingerprint density at radius 3 is 2.57 bits per heavy atom. The summed E-state index contributed by atoms with van der Waals surface area (Å²) in [7, 11) is 0. The quantitative estimate of drug-likeness (QED) is 0.851. The van der Waals surface area contributed by atoms with Gasteiger partial charge < -0.3 is 14.6 Å². The van der Waals surface area contributed by atoms with Crippen LogP contribution in [0.3, 0.4) is 0 Å². The zero-order valence-corrected chi connectivity index (χ0v) is 12.4. The standard InChI is InChI=1S/C15H15NO4S/c1-10(17)2-3-11-4-6-13(7-5-11)20-8-12-9-21-14(16-12)15(18)19/h4-7,9H,2-3,8H2,1H3,(H,18,19). The summed E-state index contributed by atoms with van der Waals surface area (Å²) >= 11 is 1.08. The third-order valence-corrected chi connectivity index (χ3v) is 3.69. The Hall–Kier alpha value is -2.21. The van der Waals surface area contributed by atoms with Crippen molar-refractivity contribution < 1.29 is 19.4 Å². The number of hydrogen-bond donors (Lipinski definition) is 1. The number of aryl methyl sites for hydroxylation is 1. The number of thiazole rings is 1. The van der Waals surface area contributed by atoms with Crippen molar-refractivity contribution >= 4 is 23.1 Å². The maximum Gasteiger partial charge on any atom is 0.365 e. The minimum atomic E-state index is -1.03. The second-order valence-corrected chi connectivity index (χ2v) is 5.44. The molecule has 0 bridgehead atoms. The van der Waals surface area contributed by atoms with E-state index < -0.39 is 5.97 Å². The maximum atomic E-state index is 10.9. The molecule has 1 N–H and O–H groups in total. The van der Waals surface area contributed by atoms with Crippen LogP contribution in [-0.4, -0.2) is 21.8 Å². The van der Waals surface area contributed by atoms with Gasteiger partial charge in [-0.2, -0.15) is 0 Å². The fourth-order valence-electron chi connectivity index (χ4n) is 1.70. The van der Waals surface area contributed by atoms with E-state index in [1.807, 2.05) is 24.3 Å². The molecule has 1 heterocycles. The Labute approximate surface area is 126 Å². The summed E-state index contributed by atoms with van der Waals surface area (Å²) in [5.41, 5.74) is 1.68. The molecule has 2 aromatic rings. The first-order valence-corrected chi connectivity index (χ1v) is 7.31. The highest BCUT2D eigenvalue weighted by atomic mass is 32.1. The van der Waals surface area contributed by atoms with E-state index in [1.54, 1.807) is 12.3 Å². The monoisotopic (exact) mass is 305 g/mol. The van der Waals surface area contributed by atoms with Gasteiger partial charge in [0.15, 0.2) is 0 Å². The molecule has 0 aliphatic heterocycles. The van der Waals surface area contributed by atoms with Crippen molar-refractivity contribution in [2.45, 2.75) is 26.4 Å². The zero-order valence-electron chi connectivity index (χ0n) is 11.5. The second kappa shape index (κ2) is 6.99. The van der Waals surface area contributed by atoms with E-state index in [1.165, 1.54) is 0 Å². The Morgan fingerprint density at radius 2 is 2.00 bits per heavy atom. The first-order valence-electron chi connectivity index (χ1n) is 6.43. The lowest BCUT2D eigenvalue weighted by atomic mass is 10.1. The van der Waals surface area contributed by atoms with Crippen molar-refractivity contribution in [2.24, 2.45) is 0 Å². The lowest BCUT2D eigenvalue weighted by Gasteiger charge is -2.05. The van der Waals surface area contributed by atoms with Crippen LogP contribution in [0.25, 0.3) is 0 Å². The van der Waals surface area contributed by atoms with Gasteiger partial charge in [0, 0.05) is 11.8 Å². The molecule has 6 heteroatoms. The van der Waals surface area contributed by atoms with Crippen molar-refractivity contribution in [3.63, 3.8) is 0 Å². The summed E-state index contributed by atoms with van der Waals surface area (Å²) in [5.74, 6) is -0.166. The number of aromatic carboxylic acids is 1. The van der Waals surface area contributed by atoms with Gasteiger partial charge in [-0.1, -0.05) is 12.1 Å². The van der Waals surface area contributed by atoms with Gasteiger partial charge in [-0.25, -0.2) is 9.78 Å². The van der Waals surface area contributed by atoms with Gasteiger partial charge in [0.05, 0.1) is 5.69 Å². The van der Waals surface area contributed by atoms with Crippen LogP contribution < -0.4 is 4.74 Å². The van der Waals surface area contributed by atoms with Gasteiger partial charge in [0.25, 0.3) is 0 Å². The highest BCUT2D eigenvalue weighted by molar-refractivity contribution is 7.11. The molecule has 0 atom stereocenters. The summed E-state index contributed by atoms with van der Waals surface area (Å²) in [4.78, 5) is 25.6. The van der Waals surface area contributed by atoms with E-state index in [0.717, 1.165) is 23.3 Å². The van der Waals surface area contributed by atoms with E-state index in [-0.39, 0.29) is 17.4 Å². The number of nitrogens with zero attached hydrogens (tertiary/aromatic N) is 1. The molecular formula is C15H15NO4S. The van der Waals surface area contributed by atoms with Crippen LogP contribution in [0.1, 0.15) is 34.4 Å². The maximum absolute atomic E-state index is 10.9. The summed E-state index contributed by atoms with van der Waals surface area (Å²) in [6, 6.07) is 7.50. The molecule has 0 aliphatic rings. The number of aromatic nitrogens is 1. The molecule has 0 fully saturated rings. The molecular weight excluding hydrogens is 290 g/mol. The number of carbonyl (C=O) groups excluding carboxylic acids is 1. The number of benzene rings is 1. The minimum absolute atomic E-state index is 0.0631. The number of rotatable bonds is 7. The molecule has 0 saturated carbocycles. The average Bonchev–Trinajstić information content (AvgIpc) is 2.93. The van der Waals surface area contributed by atoms with Gasteiger partial charge in [0.1, 0.15) is 18.1 Å². The molecule has 0 aliphatic carbocycles. The number of ketones is 1. The van der Waals surface area contributed by atoms with Gasteiger partial charge in [-0.05, 0) is 31.0 Å². The summed E-state index contributed by atoms with van der Waals surface area (Å²) in [6.45, 7) is 1.81. The Bertz CT molecular complexity index is 633. The van der Waals surface area contributed by atoms with E-state index in [2.05, 4.69) is 4.98 Å². The second-order valence-electron chi connectivity index (χ2n) is 4.58. The number of Topliss-reactive ketones (excluding diaryl/α,β-unsaturated/α-hetero) is 1. The van der Waals surface area contributed by atoms with Gasteiger partial charge in [-0.3, -0.25) is 0 Å². The molecule has 1 aromatic heterocycles. The molecule has 0 radical (unpaired) electrons. The van der Waals surface area contributed by atoms with Crippen LogP contribution in [0.15, 0.2) is 29.6 Å². The Kier molecular flexibility index (Phi) is 5.05. The smallest absolute Gasteiger partial charge is 0.365 e. The number of carbonyl (C=O) groups is 2. The van der Waals surface area contributed by atoms with E-state index >= 15 is 0 Å². The lowest BCUT2D eigenvalue weighted by Crippen LogP contribution is -1.99. The fraction of sp³-hybridized carbons (Fsp3) is 0.267. The number of ether oxygens (including phenoxy) is 1. The van der Waals surface area contributed by atoms with Crippen LogP contribution in [0.2, 0.25) is 0 Å². The van der Waals surface area contributed by atoms with Crippen molar-refractivity contribution in [1.29, 1.82) is 0 Å². The molecule has 2 rings (SSSR count). The number of hydrogen-bond acceptors (Lipinski definition) is 5. The number of carboxylic acids is 1. The van der Waals surface area contributed by atoms with Crippen molar-refractivity contribution in [1.82, 2.24) is 4.98 Å². The van der Waals surface area contributed by atoms with Gasteiger partial charge >= 0.3 is 5.97 Å². The summed E-state index contributed by atoms with van der Waals surface area (Å²) in [5, 5.41) is 10.5. The molecule has 1 aromatic carbocycles. The van der Waals surface area contributed by atoms with Gasteiger partial charge in [-0.15, -0.1) is 11.3 Å². The third kappa shape index (κ3) is 4.68. The average molecular weight is 305 g/mol. The SMILES string of the molecule is CC(=O)CCc1ccc(OCc2csc(C(=O)O)n2)cc1. The Morgan fingerprint density at radius 1 is 1.29 bits per heavy atom. The largest absolute Gasteiger partial charge is 0.487 e. The third-order valence-electron chi connectivity index (χ3n) is 2.81. The highest BCUT2D eigenvalue weighted by Gasteiger charge is 2.09. The fourth-order valence-corrected chi connectivity index (χ4v) is 2.34. The van der Waals surface area contributed by atoms with Crippen LogP contribution in [0.5, 0.6) is 5.75 Å². The first kappa shape index (κ1) is 15.2. The molecule has 5 nitrogen and oxygen atoms in total. The summed E-state index contributed by atoms with van der Waals surface area (Å²) < 4.78 is 5.55. The number of carboxylic acid groups (broad SMARTS) is 1. The molecule has 0 spiro atoms. The van der Waals surface area contributed by atoms with E-state index in [9.17, 15) is 9.59 Å². The minimum Gasteiger partial charge on any atom is -0.487 e. The molecule has 110 valence electrons. The Balaban J connectivity index is 1.88. The molecule has 0 unspecified atom stereocenters. The topological polar surface area (TPSA) is 76.5 Å². The van der Waals surface area contributed by atoms with Crippen LogP contribution in [-0.2, 0) is 17.8 Å². The van der Waals surface area contributed by atoms with Crippen LogP contribution >= 0.6 is 11.3 Å². The summed E-state index contributed by atoms with van der Waals surface area (Å²) in [6.07, 6.45) is 1.26. The van der Waals surface area contributed by atoms with E-state index in [0.29, 0.717) is 17.9 Å². The zero-order chi connectivity index (χ0) is 15.2. The molecule has 21 heavy (non-hydrogen) atoms.